The average molecular weight is 359 g/mol. The van der Waals surface area contributed by atoms with Crippen LogP contribution in [0, 0.1) is 0 Å². The van der Waals surface area contributed by atoms with Crippen LogP contribution in [0.1, 0.15) is 6.92 Å². The van der Waals surface area contributed by atoms with Gasteiger partial charge in [0.15, 0.2) is 0 Å². The van der Waals surface area contributed by atoms with E-state index >= 15 is 0 Å². The molecule has 130 valence electrons. The van der Waals surface area contributed by atoms with E-state index in [1.165, 1.54) is 19.1 Å². The van der Waals surface area contributed by atoms with Gasteiger partial charge >= 0.3 is 6.03 Å². The minimum Gasteiger partial charge on any atom is -0.322 e. The van der Waals surface area contributed by atoms with Crippen molar-refractivity contribution in [2.75, 3.05) is 6.54 Å². The summed E-state index contributed by atoms with van der Waals surface area (Å²) >= 11 is 0. The van der Waals surface area contributed by atoms with Gasteiger partial charge in [-0.15, -0.1) is 0 Å². The van der Waals surface area contributed by atoms with Crippen molar-refractivity contribution in [1.82, 2.24) is 15.4 Å². The number of amides is 3. The predicted octanol–water partition coefficient (Wildman–Crippen LogP) is 1.23. The highest BCUT2D eigenvalue weighted by Crippen LogP contribution is 2.21. The Morgan fingerprint density at radius 1 is 0.960 bits per heavy atom. The molecule has 0 aliphatic carbocycles. The van der Waals surface area contributed by atoms with Gasteiger partial charge in [0.1, 0.15) is 5.54 Å². The maximum atomic E-state index is 12.4. The van der Waals surface area contributed by atoms with Crippen LogP contribution in [-0.2, 0) is 14.8 Å². The molecule has 25 heavy (non-hydrogen) atoms. The third kappa shape index (κ3) is 3.54. The monoisotopic (exact) mass is 359 g/mol. The molecule has 3 amide bonds. The fraction of sp³-hybridized carbons (Fsp3) is 0.176. The Labute approximate surface area is 145 Å². The molecule has 2 aromatic rings. The van der Waals surface area contributed by atoms with Gasteiger partial charge in [-0.05, 0) is 30.2 Å². The van der Waals surface area contributed by atoms with Crippen molar-refractivity contribution in [2.45, 2.75) is 17.4 Å². The van der Waals surface area contributed by atoms with E-state index in [4.69, 9.17) is 0 Å². The first-order valence-electron chi connectivity index (χ1n) is 7.59. The van der Waals surface area contributed by atoms with E-state index in [1.807, 2.05) is 30.3 Å². The van der Waals surface area contributed by atoms with Gasteiger partial charge in [-0.2, -0.15) is 0 Å². The van der Waals surface area contributed by atoms with Crippen molar-refractivity contribution < 1.29 is 18.0 Å². The smallest absolute Gasteiger partial charge is 0.322 e. The number of nitrogens with one attached hydrogen (secondary N) is 3. The van der Waals surface area contributed by atoms with Crippen molar-refractivity contribution in [2.24, 2.45) is 0 Å². The molecule has 0 bridgehead atoms. The highest BCUT2D eigenvalue weighted by atomic mass is 32.2. The van der Waals surface area contributed by atoms with Crippen LogP contribution < -0.4 is 15.4 Å². The molecule has 1 fully saturated rings. The van der Waals surface area contributed by atoms with E-state index in [0.29, 0.717) is 0 Å². The summed E-state index contributed by atoms with van der Waals surface area (Å²) in [6.07, 6.45) is 0. The molecular weight excluding hydrogens is 342 g/mol. The van der Waals surface area contributed by atoms with Crippen LogP contribution >= 0.6 is 0 Å². The van der Waals surface area contributed by atoms with Gasteiger partial charge < -0.3 is 5.32 Å². The Kier molecular flexibility index (Phi) is 4.32. The zero-order valence-electron chi connectivity index (χ0n) is 13.4. The van der Waals surface area contributed by atoms with E-state index in [1.54, 1.807) is 12.1 Å². The van der Waals surface area contributed by atoms with Crippen LogP contribution in [0.25, 0.3) is 11.1 Å². The molecule has 2 aromatic carbocycles. The summed E-state index contributed by atoms with van der Waals surface area (Å²) in [6, 6.07) is 15.4. The summed E-state index contributed by atoms with van der Waals surface area (Å²) in [7, 11) is -3.81. The van der Waals surface area contributed by atoms with Crippen molar-refractivity contribution in [3.8, 4) is 11.1 Å². The minimum absolute atomic E-state index is 0.0838. The number of carbonyl (C=O) groups is 2. The number of rotatable bonds is 5. The van der Waals surface area contributed by atoms with Crippen molar-refractivity contribution >= 4 is 22.0 Å². The summed E-state index contributed by atoms with van der Waals surface area (Å²) in [5.41, 5.74) is 0.569. The Balaban J connectivity index is 1.74. The lowest BCUT2D eigenvalue weighted by Crippen LogP contribution is -2.52. The first-order chi connectivity index (χ1) is 11.8. The SMILES string of the molecule is CC1(CNS(=O)(=O)c2ccc(-c3ccccc3)cc2)NC(=O)NC1=O. The third-order valence-corrected chi connectivity index (χ3v) is 5.42. The number of benzene rings is 2. The van der Waals surface area contributed by atoms with Crippen LogP contribution in [0.2, 0.25) is 0 Å². The molecule has 0 radical (unpaired) electrons. The normalized spacial score (nSPS) is 20.2. The van der Waals surface area contributed by atoms with Crippen molar-refractivity contribution in [3.05, 3.63) is 54.6 Å². The van der Waals surface area contributed by atoms with Crippen LogP contribution in [0.15, 0.2) is 59.5 Å². The molecule has 1 aliphatic rings. The van der Waals surface area contributed by atoms with Crippen molar-refractivity contribution in [1.29, 1.82) is 0 Å². The average Bonchev–Trinajstić information content (AvgIpc) is 2.87. The molecule has 1 saturated heterocycles. The quantitative estimate of drug-likeness (QED) is 0.699. The molecule has 0 aromatic heterocycles. The van der Waals surface area contributed by atoms with Crippen molar-refractivity contribution in [3.63, 3.8) is 0 Å². The van der Waals surface area contributed by atoms with Gasteiger partial charge in [0.05, 0.1) is 4.90 Å². The van der Waals surface area contributed by atoms with Gasteiger partial charge in [-0.1, -0.05) is 42.5 Å². The maximum Gasteiger partial charge on any atom is 0.322 e. The van der Waals surface area contributed by atoms with Gasteiger partial charge in [0, 0.05) is 6.54 Å². The number of sulfonamides is 1. The Hall–Kier alpha value is -2.71. The molecule has 0 spiro atoms. The molecule has 3 rings (SSSR count). The van der Waals surface area contributed by atoms with E-state index in [-0.39, 0.29) is 11.4 Å². The van der Waals surface area contributed by atoms with Gasteiger partial charge in [0.25, 0.3) is 5.91 Å². The Morgan fingerprint density at radius 2 is 1.56 bits per heavy atom. The molecule has 1 unspecified atom stereocenters. The topological polar surface area (TPSA) is 104 Å². The standard InChI is InChI=1S/C17H17N3O4S/c1-17(15(21)19-16(22)20-17)11-18-25(23,24)14-9-7-13(8-10-14)12-5-3-2-4-6-12/h2-10,18H,11H2,1H3,(H2,19,20,21,22). The number of hydrogen-bond donors (Lipinski definition) is 3. The second-order valence-electron chi connectivity index (χ2n) is 5.96. The van der Waals surface area contributed by atoms with Gasteiger partial charge in [-0.25, -0.2) is 17.9 Å². The zero-order valence-corrected chi connectivity index (χ0v) is 14.3. The lowest BCUT2D eigenvalue weighted by atomic mass is 10.0. The lowest BCUT2D eigenvalue weighted by Gasteiger charge is -2.20. The zero-order chi connectivity index (χ0) is 18.1. The molecule has 1 heterocycles. The van der Waals surface area contributed by atoms with E-state index in [2.05, 4.69) is 15.4 Å². The van der Waals surface area contributed by atoms with Crippen LogP contribution in [-0.4, -0.2) is 32.4 Å². The molecule has 0 saturated carbocycles. The molecule has 1 atom stereocenters. The second kappa shape index (κ2) is 6.30. The molecule has 3 N–H and O–H groups in total. The third-order valence-electron chi connectivity index (χ3n) is 4.01. The summed E-state index contributed by atoms with van der Waals surface area (Å²) in [6.45, 7) is 1.21. The van der Waals surface area contributed by atoms with Crippen LogP contribution in [0.5, 0.6) is 0 Å². The number of hydrogen-bond acceptors (Lipinski definition) is 4. The largest absolute Gasteiger partial charge is 0.322 e. The van der Waals surface area contributed by atoms with Gasteiger partial charge in [0.2, 0.25) is 10.0 Å². The van der Waals surface area contributed by atoms with E-state index in [0.717, 1.165) is 11.1 Å². The summed E-state index contributed by atoms with van der Waals surface area (Å²) in [4.78, 5) is 23.0. The van der Waals surface area contributed by atoms with Crippen LogP contribution in [0.4, 0.5) is 4.79 Å². The fourth-order valence-corrected chi connectivity index (χ4v) is 3.62. The number of urea groups is 1. The Morgan fingerprint density at radius 3 is 2.12 bits per heavy atom. The minimum atomic E-state index is -3.81. The molecule has 1 aliphatic heterocycles. The fourth-order valence-electron chi connectivity index (χ4n) is 2.48. The summed E-state index contributed by atoms with van der Waals surface area (Å²) in [5, 5.41) is 4.49. The second-order valence-corrected chi connectivity index (χ2v) is 7.72. The van der Waals surface area contributed by atoms with E-state index in [9.17, 15) is 18.0 Å². The number of imide groups is 1. The summed E-state index contributed by atoms with van der Waals surface area (Å²) in [5.74, 6) is -0.570. The van der Waals surface area contributed by atoms with Gasteiger partial charge in [-0.3, -0.25) is 10.1 Å². The first kappa shape index (κ1) is 17.1. The maximum absolute atomic E-state index is 12.4. The molecule has 7 nitrogen and oxygen atoms in total. The highest BCUT2D eigenvalue weighted by Gasteiger charge is 2.42. The van der Waals surface area contributed by atoms with Crippen LogP contribution in [0.3, 0.4) is 0 Å². The Bertz CT molecular complexity index is 911. The molecular formula is C17H17N3O4S. The molecule has 8 heteroatoms. The summed E-state index contributed by atoms with van der Waals surface area (Å²) < 4.78 is 27.2. The first-order valence-corrected chi connectivity index (χ1v) is 9.07. The predicted molar refractivity (Wildman–Crippen MR) is 92.1 cm³/mol. The number of carbonyl (C=O) groups excluding carboxylic acids is 2. The van der Waals surface area contributed by atoms with E-state index < -0.39 is 27.5 Å². The lowest BCUT2D eigenvalue weighted by molar-refractivity contribution is -0.123. The highest BCUT2D eigenvalue weighted by molar-refractivity contribution is 7.89.